The molecule has 1 aromatic rings. The Hall–Kier alpha value is -1.43. The second kappa shape index (κ2) is 4.68. The predicted molar refractivity (Wildman–Crippen MR) is 63.1 cm³/mol. The first kappa shape index (κ1) is 13.0. The van der Waals surface area contributed by atoms with Gasteiger partial charge in [0, 0.05) is 6.54 Å². The molecule has 0 atom stereocenters. The molecule has 0 aliphatic heterocycles. The monoisotopic (exact) mass is 260 g/mol. The van der Waals surface area contributed by atoms with Crippen LogP contribution in [0.1, 0.15) is 18.4 Å². The molecule has 100 valence electrons. The number of hydrogen-bond acceptors (Lipinski definition) is 3. The molecule has 0 radical (unpaired) electrons. The Balaban J connectivity index is 1.97. The van der Waals surface area contributed by atoms with Gasteiger partial charge in [-0.15, -0.1) is 0 Å². The van der Waals surface area contributed by atoms with Crippen LogP contribution in [-0.4, -0.2) is 17.8 Å². The molecule has 2 rings (SSSR count). The number of benzene rings is 1. The highest BCUT2D eigenvalue weighted by Crippen LogP contribution is 2.33. The molecule has 0 unspecified atom stereocenters. The summed E-state index contributed by atoms with van der Waals surface area (Å²) in [5.74, 6) is 0.363. The summed E-state index contributed by atoms with van der Waals surface area (Å²) in [6, 6.07) is 3.28. The van der Waals surface area contributed by atoms with E-state index in [9.17, 15) is 13.2 Å². The molecule has 0 saturated heterocycles. The number of rotatable bonds is 3. The van der Waals surface area contributed by atoms with Crippen LogP contribution >= 0.6 is 0 Å². The fourth-order valence-corrected chi connectivity index (χ4v) is 2.02. The maximum Gasteiger partial charge on any atom is 0.416 e. The van der Waals surface area contributed by atoms with E-state index in [1.807, 2.05) is 0 Å². The summed E-state index contributed by atoms with van der Waals surface area (Å²) in [5.41, 5.74) is 5.43. The van der Waals surface area contributed by atoms with Gasteiger partial charge in [0.05, 0.1) is 23.0 Å². The minimum Gasteiger partial charge on any atom is -0.397 e. The van der Waals surface area contributed by atoms with Gasteiger partial charge in [-0.2, -0.15) is 13.2 Å². The number of aliphatic hydroxyl groups excluding tert-OH is 1. The zero-order valence-corrected chi connectivity index (χ0v) is 9.67. The largest absolute Gasteiger partial charge is 0.416 e. The molecule has 0 aromatic heterocycles. The first-order chi connectivity index (χ1) is 8.36. The number of aliphatic hydroxyl groups is 1. The number of nitrogens with two attached hydrogens (primary N) is 1. The van der Waals surface area contributed by atoms with Gasteiger partial charge in [-0.1, -0.05) is 0 Å². The van der Waals surface area contributed by atoms with E-state index < -0.39 is 11.7 Å². The smallest absolute Gasteiger partial charge is 0.397 e. The molecule has 1 aromatic carbocycles. The van der Waals surface area contributed by atoms with Crippen molar-refractivity contribution in [2.45, 2.75) is 25.1 Å². The van der Waals surface area contributed by atoms with E-state index in [0.717, 1.165) is 25.0 Å². The van der Waals surface area contributed by atoms with Gasteiger partial charge in [0.25, 0.3) is 0 Å². The molecule has 1 aliphatic rings. The normalized spacial score (nSPS) is 23.6. The van der Waals surface area contributed by atoms with Gasteiger partial charge in [-0.3, -0.25) is 0 Å². The Morgan fingerprint density at radius 2 is 2.00 bits per heavy atom. The zero-order valence-electron chi connectivity index (χ0n) is 9.67. The third-order valence-electron chi connectivity index (χ3n) is 3.17. The number of nitrogen functional groups attached to an aromatic ring is 1. The summed E-state index contributed by atoms with van der Waals surface area (Å²) < 4.78 is 37.3. The van der Waals surface area contributed by atoms with Crippen LogP contribution in [0.2, 0.25) is 0 Å². The minimum atomic E-state index is -4.37. The van der Waals surface area contributed by atoms with Gasteiger partial charge >= 0.3 is 6.18 Å². The number of alkyl halides is 3. The summed E-state index contributed by atoms with van der Waals surface area (Å²) in [4.78, 5) is 0. The molecular formula is C12H15F3N2O. The van der Waals surface area contributed by atoms with Gasteiger partial charge in [0.1, 0.15) is 0 Å². The lowest BCUT2D eigenvalue weighted by Gasteiger charge is -2.31. The van der Waals surface area contributed by atoms with Crippen molar-refractivity contribution in [3.05, 3.63) is 23.8 Å². The van der Waals surface area contributed by atoms with E-state index in [4.69, 9.17) is 10.8 Å². The predicted octanol–water partition coefficient (Wildman–Crippen LogP) is 2.47. The molecule has 0 heterocycles. The maximum atomic E-state index is 12.4. The molecule has 1 saturated carbocycles. The number of anilines is 2. The van der Waals surface area contributed by atoms with Crippen LogP contribution in [0.5, 0.6) is 0 Å². The molecule has 1 fully saturated rings. The number of nitrogens with one attached hydrogen (secondary N) is 1. The Morgan fingerprint density at radius 1 is 1.33 bits per heavy atom. The Morgan fingerprint density at radius 3 is 2.50 bits per heavy atom. The summed E-state index contributed by atoms with van der Waals surface area (Å²) >= 11 is 0. The lowest BCUT2D eigenvalue weighted by molar-refractivity contribution is -0.137. The molecule has 6 heteroatoms. The van der Waals surface area contributed by atoms with Crippen molar-refractivity contribution < 1.29 is 18.3 Å². The molecular weight excluding hydrogens is 245 g/mol. The number of halogens is 3. The first-order valence-electron chi connectivity index (χ1n) is 5.75. The van der Waals surface area contributed by atoms with Gasteiger partial charge in [-0.25, -0.2) is 0 Å². The van der Waals surface area contributed by atoms with Crippen LogP contribution in [0, 0.1) is 5.92 Å². The van der Waals surface area contributed by atoms with E-state index in [1.54, 1.807) is 0 Å². The first-order valence-corrected chi connectivity index (χ1v) is 5.75. The van der Waals surface area contributed by atoms with E-state index in [2.05, 4.69) is 5.32 Å². The highest BCUT2D eigenvalue weighted by molar-refractivity contribution is 5.67. The highest BCUT2D eigenvalue weighted by atomic mass is 19.4. The van der Waals surface area contributed by atoms with E-state index >= 15 is 0 Å². The number of hydrogen-bond donors (Lipinski definition) is 3. The summed E-state index contributed by atoms with van der Waals surface area (Å²) in [7, 11) is 0. The SMILES string of the molecule is Nc1cc(C(F)(F)F)ccc1NCC1CC(O)C1. The van der Waals surface area contributed by atoms with Crippen molar-refractivity contribution in [1.29, 1.82) is 0 Å². The summed E-state index contributed by atoms with van der Waals surface area (Å²) in [6.45, 7) is 0.618. The molecule has 0 spiro atoms. The Labute approximate surface area is 103 Å². The van der Waals surface area contributed by atoms with Gasteiger partial charge in [0.15, 0.2) is 0 Å². The average Bonchev–Trinajstić information content (AvgIpc) is 2.22. The van der Waals surface area contributed by atoms with Crippen LogP contribution in [0.3, 0.4) is 0 Å². The van der Waals surface area contributed by atoms with Crippen LogP contribution in [0.25, 0.3) is 0 Å². The fraction of sp³-hybridized carbons (Fsp3) is 0.500. The molecule has 1 aliphatic carbocycles. The standard InChI is InChI=1S/C12H15F3N2O/c13-12(14,15)8-1-2-11(10(16)5-8)17-6-7-3-9(18)4-7/h1-2,5,7,9,17-18H,3-4,6,16H2. The second-order valence-corrected chi connectivity index (χ2v) is 4.67. The molecule has 3 nitrogen and oxygen atoms in total. The van der Waals surface area contributed by atoms with Crippen molar-refractivity contribution in [2.24, 2.45) is 5.92 Å². The van der Waals surface area contributed by atoms with Crippen molar-refractivity contribution in [1.82, 2.24) is 0 Å². The third-order valence-corrected chi connectivity index (χ3v) is 3.17. The molecule has 0 bridgehead atoms. The van der Waals surface area contributed by atoms with Crippen molar-refractivity contribution in [2.75, 3.05) is 17.6 Å². The van der Waals surface area contributed by atoms with Crippen LogP contribution < -0.4 is 11.1 Å². The Kier molecular flexibility index (Phi) is 3.38. The van der Waals surface area contributed by atoms with E-state index in [-0.39, 0.29) is 11.8 Å². The summed E-state index contributed by atoms with van der Waals surface area (Å²) in [6.07, 6.45) is -3.15. The Bertz CT molecular complexity index is 428. The lowest BCUT2D eigenvalue weighted by atomic mass is 9.82. The lowest BCUT2D eigenvalue weighted by Crippen LogP contribution is -2.33. The van der Waals surface area contributed by atoms with Gasteiger partial charge < -0.3 is 16.2 Å². The minimum absolute atomic E-state index is 0.0877. The topological polar surface area (TPSA) is 58.3 Å². The van der Waals surface area contributed by atoms with Crippen LogP contribution in [0.4, 0.5) is 24.5 Å². The molecule has 0 amide bonds. The molecule has 18 heavy (non-hydrogen) atoms. The van der Waals surface area contributed by atoms with E-state index in [1.165, 1.54) is 6.07 Å². The summed E-state index contributed by atoms with van der Waals surface area (Å²) in [5, 5.41) is 12.1. The van der Waals surface area contributed by atoms with Gasteiger partial charge in [-0.05, 0) is 37.0 Å². The van der Waals surface area contributed by atoms with Crippen LogP contribution in [-0.2, 0) is 6.18 Å². The average molecular weight is 260 g/mol. The quantitative estimate of drug-likeness (QED) is 0.732. The third kappa shape index (κ3) is 2.87. The molecule has 4 N–H and O–H groups in total. The van der Waals surface area contributed by atoms with Crippen LogP contribution in [0.15, 0.2) is 18.2 Å². The van der Waals surface area contributed by atoms with Gasteiger partial charge in [0.2, 0.25) is 0 Å². The fourth-order valence-electron chi connectivity index (χ4n) is 2.02. The van der Waals surface area contributed by atoms with Crippen molar-refractivity contribution in [3.8, 4) is 0 Å². The maximum absolute atomic E-state index is 12.4. The van der Waals surface area contributed by atoms with E-state index in [0.29, 0.717) is 18.2 Å². The zero-order chi connectivity index (χ0) is 13.3. The highest BCUT2D eigenvalue weighted by Gasteiger charge is 2.31. The van der Waals surface area contributed by atoms with Crippen molar-refractivity contribution >= 4 is 11.4 Å². The van der Waals surface area contributed by atoms with Crippen molar-refractivity contribution in [3.63, 3.8) is 0 Å². The second-order valence-electron chi connectivity index (χ2n) is 4.67.